The number of rotatable bonds is 2. The van der Waals surface area contributed by atoms with Crippen molar-refractivity contribution in [1.29, 1.82) is 0 Å². The molecule has 0 aliphatic carbocycles. The number of fused-ring (bicyclic) bond motifs is 1. The Morgan fingerprint density at radius 3 is 2.88 bits per heavy atom. The molecule has 0 bridgehead atoms. The number of benzene rings is 2. The van der Waals surface area contributed by atoms with E-state index in [2.05, 4.69) is 16.4 Å². The van der Waals surface area contributed by atoms with E-state index in [4.69, 9.17) is 0 Å². The lowest BCUT2D eigenvalue weighted by molar-refractivity contribution is 0.471. The Kier molecular flexibility index (Phi) is 2.44. The van der Waals surface area contributed by atoms with E-state index in [-0.39, 0.29) is 0 Å². The van der Waals surface area contributed by atoms with Crippen LogP contribution in [0.2, 0.25) is 0 Å². The van der Waals surface area contributed by atoms with Crippen LogP contribution in [0.4, 0.5) is 0 Å². The third-order valence-electron chi connectivity index (χ3n) is 3.10. The van der Waals surface area contributed by atoms with Gasteiger partial charge in [0, 0.05) is 18.5 Å². The van der Waals surface area contributed by atoms with Crippen molar-refractivity contribution in [1.82, 2.24) is 5.32 Å². The maximum absolute atomic E-state index is 9.99. The van der Waals surface area contributed by atoms with Crippen LogP contribution >= 0.6 is 0 Å². The van der Waals surface area contributed by atoms with Crippen LogP contribution in [0.3, 0.4) is 0 Å². The molecule has 0 aromatic heterocycles. The summed E-state index contributed by atoms with van der Waals surface area (Å²) in [4.78, 5) is 4.37. The van der Waals surface area contributed by atoms with Gasteiger partial charge in [-0.25, -0.2) is 0 Å². The van der Waals surface area contributed by atoms with Crippen LogP contribution in [-0.2, 0) is 6.42 Å². The second-order valence-electron chi connectivity index (χ2n) is 4.22. The Morgan fingerprint density at radius 2 is 2.06 bits per heavy atom. The molecule has 0 saturated heterocycles. The summed E-state index contributed by atoms with van der Waals surface area (Å²) in [6, 6.07) is 11.8. The molecule has 1 heterocycles. The van der Waals surface area contributed by atoms with Gasteiger partial charge in [0.1, 0.15) is 11.6 Å². The van der Waals surface area contributed by atoms with Gasteiger partial charge in [0.25, 0.3) is 0 Å². The summed E-state index contributed by atoms with van der Waals surface area (Å²) in [5, 5.41) is 15.5. The highest BCUT2D eigenvalue weighted by Crippen LogP contribution is 2.27. The molecule has 1 aliphatic heterocycles. The molecule has 0 unspecified atom stereocenters. The molecule has 86 valence electrons. The summed E-state index contributed by atoms with van der Waals surface area (Å²) in [5.41, 5.74) is 0.955. The summed E-state index contributed by atoms with van der Waals surface area (Å²) in [7, 11) is 0. The third-order valence-corrected chi connectivity index (χ3v) is 3.10. The largest absolute Gasteiger partial charge is 0.508 e. The van der Waals surface area contributed by atoms with Crippen LogP contribution < -0.4 is 5.32 Å². The summed E-state index contributed by atoms with van der Waals surface area (Å²) in [6.45, 7) is 1.74. The molecule has 0 fully saturated rings. The van der Waals surface area contributed by atoms with Gasteiger partial charge < -0.3 is 10.4 Å². The highest BCUT2D eigenvalue weighted by Gasteiger charge is 2.12. The van der Waals surface area contributed by atoms with Gasteiger partial charge in [-0.15, -0.1) is 0 Å². The second kappa shape index (κ2) is 4.09. The second-order valence-corrected chi connectivity index (χ2v) is 4.22. The van der Waals surface area contributed by atoms with Crippen LogP contribution in [-0.4, -0.2) is 24.0 Å². The van der Waals surface area contributed by atoms with Gasteiger partial charge in [0.05, 0.1) is 6.54 Å². The lowest BCUT2D eigenvalue weighted by Crippen LogP contribution is -2.20. The number of nitrogens with one attached hydrogen (secondary N) is 1. The first-order valence-corrected chi connectivity index (χ1v) is 5.81. The van der Waals surface area contributed by atoms with Crippen molar-refractivity contribution in [2.75, 3.05) is 13.1 Å². The van der Waals surface area contributed by atoms with Gasteiger partial charge in [-0.05, 0) is 16.8 Å². The first kappa shape index (κ1) is 10.1. The Bertz CT molecular complexity index is 590. The van der Waals surface area contributed by atoms with Crippen LogP contribution in [0.1, 0.15) is 5.56 Å². The van der Waals surface area contributed by atoms with Crippen molar-refractivity contribution in [3.05, 3.63) is 42.0 Å². The fourth-order valence-electron chi connectivity index (χ4n) is 2.24. The molecule has 0 saturated carbocycles. The zero-order valence-corrected chi connectivity index (χ0v) is 9.48. The Hall–Kier alpha value is -2.03. The van der Waals surface area contributed by atoms with Crippen LogP contribution in [0.15, 0.2) is 41.4 Å². The van der Waals surface area contributed by atoms with Gasteiger partial charge in [-0.3, -0.25) is 4.99 Å². The molecule has 3 heteroatoms. The number of aromatic hydroxyl groups is 1. The number of nitrogens with zero attached hydrogens (tertiary/aromatic N) is 1. The molecule has 17 heavy (non-hydrogen) atoms. The molecule has 0 spiro atoms. The monoisotopic (exact) mass is 226 g/mol. The SMILES string of the molecule is Oc1ccc2ccccc2c1CC1=NCCN1. The van der Waals surface area contributed by atoms with Crippen molar-refractivity contribution in [2.45, 2.75) is 6.42 Å². The van der Waals surface area contributed by atoms with Gasteiger partial charge >= 0.3 is 0 Å². The van der Waals surface area contributed by atoms with Gasteiger partial charge in [0.15, 0.2) is 0 Å². The average Bonchev–Trinajstić information content (AvgIpc) is 2.86. The highest BCUT2D eigenvalue weighted by molar-refractivity contribution is 5.94. The quantitative estimate of drug-likeness (QED) is 0.823. The molecule has 2 aromatic carbocycles. The number of hydrogen-bond acceptors (Lipinski definition) is 3. The fraction of sp³-hybridized carbons (Fsp3) is 0.214. The van der Waals surface area contributed by atoms with Crippen LogP contribution in [0, 0.1) is 0 Å². The summed E-state index contributed by atoms with van der Waals surface area (Å²) < 4.78 is 0. The predicted octanol–water partition coefficient (Wildman–Crippen LogP) is 2.09. The maximum atomic E-state index is 9.99. The summed E-state index contributed by atoms with van der Waals surface area (Å²) in [5.74, 6) is 1.32. The first-order valence-electron chi connectivity index (χ1n) is 5.81. The minimum absolute atomic E-state index is 0.347. The highest BCUT2D eigenvalue weighted by atomic mass is 16.3. The standard InChI is InChI=1S/C14H14N2O/c17-13-6-5-10-3-1-2-4-11(10)12(13)9-14-15-7-8-16-14/h1-6,17H,7-9H2,(H,15,16). The molecular formula is C14H14N2O. The van der Waals surface area contributed by atoms with E-state index >= 15 is 0 Å². The predicted molar refractivity (Wildman–Crippen MR) is 69.6 cm³/mol. The lowest BCUT2D eigenvalue weighted by atomic mass is 10.0. The Morgan fingerprint density at radius 1 is 1.18 bits per heavy atom. The molecule has 3 rings (SSSR count). The van der Waals surface area contributed by atoms with E-state index in [0.29, 0.717) is 12.2 Å². The van der Waals surface area contributed by atoms with Crippen molar-refractivity contribution in [3.8, 4) is 5.75 Å². The van der Waals surface area contributed by atoms with Gasteiger partial charge in [-0.2, -0.15) is 0 Å². The zero-order chi connectivity index (χ0) is 11.7. The fourth-order valence-corrected chi connectivity index (χ4v) is 2.24. The van der Waals surface area contributed by atoms with Crippen LogP contribution in [0.5, 0.6) is 5.75 Å². The molecule has 2 N–H and O–H groups in total. The Balaban J connectivity index is 2.09. The lowest BCUT2D eigenvalue weighted by Gasteiger charge is -2.09. The summed E-state index contributed by atoms with van der Waals surface area (Å²) in [6.07, 6.45) is 0.674. The zero-order valence-electron chi connectivity index (χ0n) is 9.48. The minimum atomic E-state index is 0.347. The minimum Gasteiger partial charge on any atom is -0.508 e. The topological polar surface area (TPSA) is 44.6 Å². The van der Waals surface area contributed by atoms with Crippen LogP contribution in [0.25, 0.3) is 10.8 Å². The van der Waals surface area contributed by atoms with E-state index in [0.717, 1.165) is 35.3 Å². The normalized spacial score (nSPS) is 14.7. The smallest absolute Gasteiger partial charge is 0.119 e. The Labute approximate surface area is 99.8 Å². The molecule has 1 aliphatic rings. The third kappa shape index (κ3) is 1.84. The van der Waals surface area contributed by atoms with E-state index < -0.39 is 0 Å². The van der Waals surface area contributed by atoms with E-state index in [1.165, 1.54) is 0 Å². The summed E-state index contributed by atoms with van der Waals surface area (Å²) >= 11 is 0. The molecule has 0 amide bonds. The molecule has 0 radical (unpaired) electrons. The average molecular weight is 226 g/mol. The van der Waals surface area contributed by atoms with E-state index in [1.807, 2.05) is 24.3 Å². The van der Waals surface area contributed by atoms with Crippen molar-refractivity contribution in [3.63, 3.8) is 0 Å². The number of aliphatic imine (C=N–C) groups is 1. The van der Waals surface area contributed by atoms with Crippen molar-refractivity contribution >= 4 is 16.6 Å². The number of phenols is 1. The van der Waals surface area contributed by atoms with Crippen molar-refractivity contribution in [2.24, 2.45) is 4.99 Å². The van der Waals surface area contributed by atoms with Crippen molar-refractivity contribution < 1.29 is 5.11 Å². The molecule has 3 nitrogen and oxygen atoms in total. The van der Waals surface area contributed by atoms with Gasteiger partial charge in [-0.1, -0.05) is 30.3 Å². The maximum Gasteiger partial charge on any atom is 0.119 e. The molecule has 2 aromatic rings. The molecular weight excluding hydrogens is 212 g/mol. The van der Waals surface area contributed by atoms with E-state index in [9.17, 15) is 5.11 Å². The number of phenolic OH excluding ortho intramolecular Hbond substituents is 1. The van der Waals surface area contributed by atoms with E-state index in [1.54, 1.807) is 6.07 Å². The van der Waals surface area contributed by atoms with Gasteiger partial charge in [0.2, 0.25) is 0 Å². The first-order chi connectivity index (χ1) is 8.34. The number of hydrogen-bond donors (Lipinski definition) is 2. The number of amidine groups is 1. The molecule has 0 atom stereocenters.